The van der Waals surface area contributed by atoms with Gasteiger partial charge in [0.2, 0.25) is 59.1 Å². The molecule has 2 aliphatic rings. The Morgan fingerprint density at radius 1 is 0.617 bits per heavy atom. The molecule has 1 heterocycles. The highest BCUT2D eigenvalue weighted by atomic mass is 16.6. The van der Waals surface area contributed by atoms with Crippen LogP contribution in [-0.2, 0) is 68.6 Å². The average Bonchev–Trinajstić information content (AvgIpc) is 1.04. The Bertz CT molecular complexity index is 2620. The molecule has 22 N–H and O–H groups in total. The van der Waals surface area contributed by atoms with Gasteiger partial charge >= 0.3 is 12.1 Å². The van der Waals surface area contributed by atoms with Crippen molar-refractivity contribution in [2.75, 3.05) is 45.8 Å². The van der Waals surface area contributed by atoms with Gasteiger partial charge in [-0.15, -0.1) is 0 Å². The predicted molar refractivity (Wildman–Crippen MR) is 345 cm³/mol. The lowest BCUT2D eigenvalue weighted by Crippen LogP contribution is -2.61. The first kappa shape index (κ1) is 80.6. The first-order valence-electron chi connectivity index (χ1n) is 32.6. The topological polar surface area (TPSA) is 512 Å². The quantitative estimate of drug-likeness (QED) is 0.0354. The normalized spacial score (nSPS) is 22.7. The molecule has 530 valence electrons. The maximum absolute atomic E-state index is 14.5. The zero-order valence-corrected chi connectivity index (χ0v) is 55.4. The molecule has 0 bridgehead atoms. The molecule has 2 unspecified atom stereocenters. The number of nitrogens with one attached hydrogen (secondary N) is 12. The van der Waals surface area contributed by atoms with E-state index in [-0.39, 0.29) is 122 Å². The number of amides is 11. The van der Waals surface area contributed by atoms with Crippen LogP contribution in [0, 0.1) is 5.92 Å². The number of hydrogen-bond donors (Lipinski definition) is 18. The summed E-state index contributed by atoms with van der Waals surface area (Å²) in [6.45, 7) is 9.67. The molecule has 11 amide bonds. The first-order chi connectivity index (χ1) is 44.5. The van der Waals surface area contributed by atoms with Crippen LogP contribution in [0.15, 0.2) is 30.3 Å². The third-order valence-corrected chi connectivity index (χ3v) is 15.3. The van der Waals surface area contributed by atoms with Crippen LogP contribution in [0.25, 0.3) is 0 Å². The van der Waals surface area contributed by atoms with Crippen molar-refractivity contribution in [3.8, 4) is 0 Å². The SMILES string of the molecule is CC(C)C[C@@H]1NC(=O)[C@@H](Cc2ccccc2)NC(=O)[C@H](CCN)NC[C@@H](NC(=O)[C@H](CCN)NC(=O)[C@@H](NC(=O)[C@H](CCNC(=O)OC(C)(C)C)NC(=O)CCC(=O)OC2CCCCC2)C(C)O)CCNC(=O)[C@H](C(C)O)NC(=O)[C@H](CCN)NC(=O)[C@H](CCN)NC1=O. The fourth-order valence-corrected chi connectivity index (χ4v) is 10.3. The van der Waals surface area contributed by atoms with Gasteiger partial charge in [-0.3, -0.25) is 52.7 Å². The minimum Gasteiger partial charge on any atom is -0.462 e. The van der Waals surface area contributed by atoms with E-state index < -0.39 is 149 Å². The Morgan fingerprint density at radius 2 is 1.17 bits per heavy atom. The lowest BCUT2D eigenvalue weighted by Gasteiger charge is -2.29. The highest BCUT2D eigenvalue weighted by molar-refractivity contribution is 5.98. The molecular weight excluding hydrogens is 1220 g/mol. The Balaban J connectivity index is 2.02. The van der Waals surface area contributed by atoms with Gasteiger partial charge < -0.3 is 106 Å². The van der Waals surface area contributed by atoms with Crippen molar-refractivity contribution in [2.24, 2.45) is 28.9 Å². The summed E-state index contributed by atoms with van der Waals surface area (Å²) in [6.07, 6.45) is -1.62. The lowest BCUT2D eigenvalue weighted by molar-refractivity contribution is -0.151. The van der Waals surface area contributed by atoms with E-state index in [0.29, 0.717) is 18.4 Å². The summed E-state index contributed by atoms with van der Waals surface area (Å²) < 4.78 is 10.8. The second-order valence-electron chi connectivity index (χ2n) is 25.2. The third kappa shape index (κ3) is 30.2. The molecule has 1 saturated heterocycles. The second-order valence-corrected chi connectivity index (χ2v) is 25.2. The van der Waals surface area contributed by atoms with Crippen LogP contribution in [0.5, 0.6) is 0 Å². The fraction of sp³-hybridized carbons (Fsp3) is 0.710. The summed E-state index contributed by atoms with van der Waals surface area (Å²) in [5, 5.41) is 53.6. The van der Waals surface area contributed by atoms with Crippen molar-refractivity contribution in [3.63, 3.8) is 0 Å². The number of benzene rings is 1. The van der Waals surface area contributed by atoms with E-state index in [1.165, 1.54) is 13.8 Å². The molecule has 0 radical (unpaired) electrons. The van der Waals surface area contributed by atoms with Gasteiger partial charge in [0, 0.05) is 38.5 Å². The minimum absolute atomic E-state index is 0.0368. The molecule has 1 aromatic carbocycles. The molecule has 0 spiro atoms. The van der Waals surface area contributed by atoms with Crippen LogP contribution in [0.3, 0.4) is 0 Å². The van der Waals surface area contributed by atoms with E-state index >= 15 is 0 Å². The summed E-state index contributed by atoms with van der Waals surface area (Å²) in [5.41, 5.74) is 23.5. The molecule has 2 fully saturated rings. The van der Waals surface area contributed by atoms with E-state index in [2.05, 4.69) is 63.8 Å². The van der Waals surface area contributed by atoms with Crippen molar-refractivity contribution in [1.82, 2.24) is 63.8 Å². The number of aliphatic hydroxyl groups excluding tert-OH is 2. The zero-order chi connectivity index (χ0) is 70.1. The molecule has 32 heteroatoms. The molecular formula is C62H106N16O16. The highest BCUT2D eigenvalue weighted by Gasteiger charge is 2.37. The van der Waals surface area contributed by atoms with Crippen molar-refractivity contribution in [3.05, 3.63) is 35.9 Å². The van der Waals surface area contributed by atoms with E-state index in [9.17, 15) is 67.7 Å². The van der Waals surface area contributed by atoms with E-state index in [4.69, 9.17) is 32.4 Å². The Labute approximate surface area is 550 Å². The zero-order valence-electron chi connectivity index (χ0n) is 55.4. The molecule has 1 saturated carbocycles. The maximum atomic E-state index is 14.5. The van der Waals surface area contributed by atoms with Crippen LogP contribution in [0.2, 0.25) is 0 Å². The van der Waals surface area contributed by atoms with Crippen LogP contribution in [0.4, 0.5) is 4.79 Å². The number of hydrogen-bond acceptors (Lipinski definition) is 21. The molecule has 0 aromatic heterocycles. The van der Waals surface area contributed by atoms with Gasteiger partial charge in [-0.2, -0.15) is 0 Å². The first-order valence-corrected chi connectivity index (χ1v) is 32.6. The Hall–Kier alpha value is -7.62. The van der Waals surface area contributed by atoms with Crippen molar-refractivity contribution >= 4 is 71.1 Å². The third-order valence-electron chi connectivity index (χ3n) is 15.3. The predicted octanol–water partition coefficient (Wildman–Crippen LogP) is -4.16. The number of carbonyl (C=O) groups excluding carboxylic acids is 12. The number of ether oxygens (including phenoxy) is 2. The number of aliphatic hydroxyl groups is 2. The molecule has 1 aliphatic heterocycles. The maximum Gasteiger partial charge on any atom is 0.407 e. The number of rotatable bonds is 28. The number of nitrogens with two attached hydrogens (primary N) is 4. The highest BCUT2D eigenvalue weighted by Crippen LogP contribution is 2.21. The monoisotopic (exact) mass is 1330 g/mol. The molecule has 1 aromatic rings. The van der Waals surface area contributed by atoms with E-state index in [1.807, 2.05) is 0 Å². The van der Waals surface area contributed by atoms with Crippen LogP contribution >= 0.6 is 0 Å². The van der Waals surface area contributed by atoms with Gasteiger partial charge in [-0.05, 0) is 143 Å². The molecule has 1 aliphatic carbocycles. The summed E-state index contributed by atoms with van der Waals surface area (Å²) in [5.74, 6) is -9.43. The summed E-state index contributed by atoms with van der Waals surface area (Å²) >= 11 is 0. The Kier molecular flexibility index (Phi) is 36.0. The molecule has 12 atom stereocenters. The fourth-order valence-electron chi connectivity index (χ4n) is 10.3. The van der Waals surface area contributed by atoms with Gasteiger partial charge in [-0.25, -0.2) is 4.79 Å². The molecule has 3 rings (SSSR count). The van der Waals surface area contributed by atoms with Crippen molar-refractivity contribution < 1.29 is 77.2 Å². The van der Waals surface area contributed by atoms with Gasteiger partial charge in [0.1, 0.15) is 60.0 Å². The number of alkyl carbamates (subject to hydrolysis) is 1. The van der Waals surface area contributed by atoms with Crippen LogP contribution in [-0.4, -0.2) is 211 Å². The number of carbonyl (C=O) groups is 12. The van der Waals surface area contributed by atoms with Gasteiger partial charge in [-0.1, -0.05) is 50.6 Å². The smallest absolute Gasteiger partial charge is 0.407 e. The summed E-state index contributed by atoms with van der Waals surface area (Å²) in [6, 6.07) is -5.23. The van der Waals surface area contributed by atoms with Gasteiger partial charge in [0.05, 0.1) is 24.7 Å². The summed E-state index contributed by atoms with van der Waals surface area (Å²) in [7, 11) is 0. The lowest BCUT2D eigenvalue weighted by atomic mass is 9.98. The second kappa shape index (κ2) is 41.9. The Morgan fingerprint density at radius 3 is 1.74 bits per heavy atom. The van der Waals surface area contributed by atoms with Crippen LogP contribution in [0.1, 0.15) is 144 Å². The largest absolute Gasteiger partial charge is 0.462 e. The molecule has 94 heavy (non-hydrogen) atoms. The van der Waals surface area contributed by atoms with Crippen LogP contribution < -0.4 is 86.7 Å². The standard InChI is InChI=1S/C62H106N16O16/c1-35(2)32-46-57(88)73-43(22-28-65)54(85)72-44(23-29-66)55(86)77-50(36(3)79)59(90)67-30-24-39(34-69-41(20-26-63)52(83)76-47(58(89)75-46)33-38-14-10-8-11-15-38)70-53(84)42(21-27-64)74-60(91)51(37(4)80)78-56(87)45(25-31-68-61(92)94-62(5,6)7)71-48(81)18-19-49(82)93-40-16-12-9-13-17-40/h8,10-11,14-15,35-37,39-47,50-51,69,79-80H,9,12-13,16-34,63-66H2,1-7H3,(H,67,90)(H,68,92)(H,70,84)(H,71,81)(H,72,85)(H,73,88)(H,74,91)(H,75,89)(H,76,83)(H,77,86)(H,78,87)/t36?,37?,39-,41-,42-,43-,44-,45-,46-,47+,50-,51-/m0/s1. The number of esters is 1. The van der Waals surface area contributed by atoms with Crippen molar-refractivity contribution in [1.29, 1.82) is 0 Å². The average molecular weight is 1330 g/mol. The molecule has 32 nitrogen and oxygen atoms in total. The van der Waals surface area contributed by atoms with Gasteiger partial charge in [0.15, 0.2) is 0 Å². The van der Waals surface area contributed by atoms with E-state index in [1.54, 1.807) is 65.0 Å². The van der Waals surface area contributed by atoms with Crippen molar-refractivity contribution in [2.45, 2.75) is 229 Å². The summed E-state index contributed by atoms with van der Waals surface area (Å²) in [4.78, 5) is 166. The minimum atomic E-state index is -1.79. The van der Waals surface area contributed by atoms with Gasteiger partial charge in [0.25, 0.3) is 0 Å². The van der Waals surface area contributed by atoms with E-state index in [0.717, 1.165) is 19.3 Å².